The molecule has 1 heteroatoms. The van der Waals surface area contributed by atoms with Gasteiger partial charge in [-0.3, -0.25) is 0 Å². The minimum Gasteiger partial charge on any atom is -0.393 e. The van der Waals surface area contributed by atoms with Crippen LogP contribution in [-0.2, 0) is 0 Å². The molecule has 0 aromatic heterocycles. The van der Waals surface area contributed by atoms with Crippen LogP contribution in [0.15, 0.2) is 11.6 Å². The smallest absolute Gasteiger partial charge is 0.0571 e. The highest BCUT2D eigenvalue weighted by Crippen LogP contribution is 2.31. The Labute approximate surface area is 75.5 Å². The van der Waals surface area contributed by atoms with Crippen LogP contribution in [0, 0.1) is 11.8 Å². The summed E-state index contributed by atoms with van der Waals surface area (Å²) in [5, 5.41) is 9.71. The molecule has 1 aliphatic carbocycles. The Hall–Kier alpha value is -0.300. The molecule has 3 atom stereocenters. The topological polar surface area (TPSA) is 20.2 Å². The first-order valence-corrected chi connectivity index (χ1v) is 5.00. The lowest BCUT2D eigenvalue weighted by molar-refractivity contribution is 0.0759. The number of hydrogen-bond acceptors (Lipinski definition) is 1. The quantitative estimate of drug-likeness (QED) is 0.629. The van der Waals surface area contributed by atoms with Crippen molar-refractivity contribution < 1.29 is 5.11 Å². The van der Waals surface area contributed by atoms with Crippen LogP contribution in [0.25, 0.3) is 0 Å². The zero-order valence-corrected chi connectivity index (χ0v) is 8.38. The van der Waals surface area contributed by atoms with Gasteiger partial charge in [-0.25, -0.2) is 0 Å². The van der Waals surface area contributed by atoms with Gasteiger partial charge in [-0.15, -0.1) is 0 Å². The van der Waals surface area contributed by atoms with Crippen LogP contribution in [0.4, 0.5) is 0 Å². The van der Waals surface area contributed by atoms with Gasteiger partial charge in [0.2, 0.25) is 0 Å². The SMILES string of the molecule is CCC(O)C1CCC(C)=CC1C. The van der Waals surface area contributed by atoms with E-state index in [1.165, 1.54) is 18.4 Å². The first kappa shape index (κ1) is 9.79. The van der Waals surface area contributed by atoms with E-state index >= 15 is 0 Å². The number of allylic oxidation sites excluding steroid dienone is 2. The standard InChI is InChI=1S/C11H20O/c1-4-11(12)10-6-5-8(2)7-9(10)3/h7,9-12H,4-6H2,1-3H3. The van der Waals surface area contributed by atoms with Gasteiger partial charge in [-0.1, -0.05) is 25.5 Å². The summed E-state index contributed by atoms with van der Waals surface area (Å²) in [6.45, 7) is 6.46. The molecule has 0 saturated carbocycles. The monoisotopic (exact) mass is 168 g/mol. The van der Waals surface area contributed by atoms with Gasteiger partial charge in [0.15, 0.2) is 0 Å². The second-order valence-electron chi connectivity index (χ2n) is 4.05. The van der Waals surface area contributed by atoms with Gasteiger partial charge in [-0.2, -0.15) is 0 Å². The molecule has 1 nitrogen and oxygen atoms in total. The zero-order valence-electron chi connectivity index (χ0n) is 8.38. The number of aliphatic hydroxyl groups excluding tert-OH is 1. The van der Waals surface area contributed by atoms with Gasteiger partial charge in [-0.05, 0) is 38.0 Å². The van der Waals surface area contributed by atoms with E-state index in [9.17, 15) is 5.11 Å². The molecule has 0 amide bonds. The molecule has 0 spiro atoms. The molecule has 1 rings (SSSR count). The molecule has 1 N–H and O–H groups in total. The molecule has 0 fully saturated rings. The van der Waals surface area contributed by atoms with Crippen molar-refractivity contribution in [2.75, 3.05) is 0 Å². The third kappa shape index (κ3) is 2.10. The maximum Gasteiger partial charge on any atom is 0.0571 e. The summed E-state index contributed by atoms with van der Waals surface area (Å²) in [4.78, 5) is 0. The summed E-state index contributed by atoms with van der Waals surface area (Å²) in [6.07, 6.45) is 5.45. The summed E-state index contributed by atoms with van der Waals surface area (Å²) < 4.78 is 0. The highest BCUT2D eigenvalue weighted by Gasteiger charge is 2.25. The summed E-state index contributed by atoms with van der Waals surface area (Å²) >= 11 is 0. The molecular weight excluding hydrogens is 148 g/mol. The Bertz CT molecular complexity index is 172. The van der Waals surface area contributed by atoms with Crippen LogP contribution in [-0.4, -0.2) is 11.2 Å². The molecule has 0 aromatic carbocycles. The first-order chi connectivity index (χ1) is 5.65. The third-order valence-corrected chi connectivity index (χ3v) is 3.01. The summed E-state index contributed by atoms with van der Waals surface area (Å²) in [6, 6.07) is 0. The van der Waals surface area contributed by atoms with Crippen molar-refractivity contribution in [1.29, 1.82) is 0 Å². The molecule has 0 radical (unpaired) electrons. The Morgan fingerprint density at radius 2 is 2.33 bits per heavy atom. The number of aliphatic hydroxyl groups is 1. The molecule has 0 heterocycles. The lowest BCUT2D eigenvalue weighted by atomic mass is 9.78. The van der Waals surface area contributed by atoms with Crippen molar-refractivity contribution in [3.63, 3.8) is 0 Å². The summed E-state index contributed by atoms with van der Waals surface area (Å²) in [5.74, 6) is 1.06. The normalized spacial score (nSPS) is 32.8. The van der Waals surface area contributed by atoms with E-state index in [0.717, 1.165) is 6.42 Å². The molecule has 12 heavy (non-hydrogen) atoms. The Morgan fingerprint density at radius 1 is 1.67 bits per heavy atom. The van der Waals surface area contributed by atoms with Gasteiger partial charge in [0.05, 0.1) is 6.10 Å². The second kappa shape index (κ2) is 4.08. The maximum atomic E-state index is 9.71. The zero-order chi connectivity index (χ0) is 9.14. The van der Waals surface area contributed by atoms with E-state index in [4.69, 9.17) is 0 Å². The van der Waals surface area contributed by atoms with E-state index in [-0.39, 0.29) is 6.10 Å². The van der Waals surface area contributed by atoms with Crippen LogP contribution in [0.1, 0.15) is 40.0 Å². The van der Waals surface area contributed by atoms with E-state index < -0.39 is 0 Å². The summed E-state index contributed by atoms with van der Waals surface area (Å²) in [7, 11) is 0. The minimum absolute atomic E-state index is 0.0932. The van der Waals surface area contributed by atoms with Crippen molar-refractivity contribution in [2.24, 2.45) is 11.8 Å². The predicted molar refractivity (Wildman–Crippen MR) is 51.9 cm³/mol. The van der Waals surface area contributed by atoms with E-state index in [1.807, 2.05) is 0 Å². The highest BCUT2D eigenvalue weighted by molar-refractivity contribution is 5.06. The average molecular weight is 168 g/mol. The van der Waals surface area contributed by atoms with Crippen molar-refractivity contribution in [3.8, 4) is 0 Å². The van der Waals surface area contributed by atoms with Gasteiger partial charge < -0.3 is 5.11 Å². The fourth-order valence-electron chi connectivity index (χ4n) is 2.16. The first-order valence-electron chi connectivity index (χ1n) is 5.00. The molecule has 0 aromatic rings. The summed E-state index contributed by atoms with van der Waals surface area (Å²) in [5.41, 5.74) is 1.49. The lowest BCUT2D eigenvalue weighted by Gasteiger charge is -2.30. The maximum absolute atomic E-state index is 9.71. The van der Waals surface area contributed by atoms with E-state index in [1.54, 1.807) is 0 Å². The Morgan fingerprint density at radius 3 is 2.83 bits per heavy atom. The highest BCUT2D eigenvalue weighted by atomic mass is 16.3. The van der Waals surface area contributed by atoms with Crippen LogP contribution < -0.4 is 0 Å². The van der Waals surface area contributed by atoms with Gasteiger partial charge in [0.25, 0.3) is 0 Å². The van der Waals surface area contributed by atoms with Crippen LogP contribution in [0.2, 0.25) is 0 Å². The van der Waals surface area contributed by atoms with Gasteiger partial charge in [0, 0.05) is 0 Å². The molecule has 1 aliphatic rings. The Balaban J connectivity index is 2.58. The van der Waals surface area contributed by atoms with Crippen LogP contribution >= 0.6 is 0 Å². The molecule has 0 saturated heterocycles. The van der Waals surface area contributed by atoms with Crippen LogP contribution in [0.5, 0.6) is 0 Å². The van der Waals surface area contributed by atoms with Gasteiger partial charge in [0.1, 0.15) is 0 Å². The van der Waals surface area contributed by atoms with E-state index in [2.05, 4.69) is 26.8 Å². The van der Waals surface area contributed by atoms with Crippen molar-refractivity contribution in [2.45, 2.75) is 46.1 Å². The second-order valence-corrected chi connectivity index (χ2v) is 4.05. The fraction of sp³-hybridized carbons (Fsp3) is 0.818. The molecular formula is C11H20O. The fourth-order valence-corrected chi connectivity index (χ4v) is 2.16. The predicted octanol–water partition coefficient (Wildman–Crippen LogP) is 2.75. The molecule has 0 aliphatic heterocycles. The number of rotatable bonds is 2. The molecule has 70 valence electrons. The molecule has 0 bridgehead atoms. The Kier molecular flexibility index (Phi) is 3.33. The van der Waals surface area contributed by atoms with Gasteiger partial charge >= 0.3 is 0 Å². The van der Waals surface area contributed by atoms with Crippen molar-refractivity contribution in [3.05, 3.63) is 11.6 Å². The van der Waals surface area contributed by atoms with E-state index in [0.29, 0.717) is 11.8 Å². The largest absolute Gasteiger partial charge is 0.393 e. The lowest BCUT2D eigenvalue weighted by Crippen LogP contribution is -2.27. The molecule has 3 unspecified atom stereocenters. The van der Waals surface area contributed by atoms with Crippen molar-refractivity contribution >= 4 is 0 Å². The average Bonchev–Trinajstić information content (AvgIpc) is 2.03. The number of hydrogen-bond donors (Lipinski definition) is 1. The third-order valence-electron chi connectivity index (χ3n) is 3.01. The van der Waals surface area contributed by atoms with Crippen molar-refractivity contribution in [1.82, 2.24) is 0 Å². The minimum atomic E-state index is -0.0932. The van der Waals surface area contributed by atoms with Crippen LogP contribution in [0.3, 0.4) is 0 Å².